The molecule has 0 aliphatic rings. The van der Waals surface area contributed by atoms with Crippen molar-refractivity contribution in [1.82, 2.24) is 5.32 Å². The second-order valence-corrected chi connectivity index (χ2v) is 7.06. The number of hydrogen-bond acceptors (Lipinski definition) is 3. The van der Waals surface area contributed by atoms with Crippen molar-refractivity contribution < 1.29 is 5.11 Å². The molecule has 5 heteroatoms. The maximum Gasteiger partial charge on any atom is 0.0843 e. The van der Waals surface area contributed by atoms with E-state index >= 15 is 0 Å². The van der Waals surface area contributed by atoms with Crippen LogP contribution in [-0.2, 0) is 6.54 Å². The van der Waals surface area contributed by atoms with Gasteiger partial charge in [0, 0.05) is 22.5 Å². The molecule has 0 fully saturated rings. The summed E-state index contributed by atoms with van der Waals surface area (Å²) in [6.45, 7) is 4.33. The summed E-state index contributed by atoms with van der Waals surface area (Å²) >= 11 is 8.71. The molecule has 1 rings (SSSR count). The zero-order valence-electron chi connectivity index (χ0n) is 9.30. The van der Waals surface area contributed by atoms with Gasteiger partial charge in [-0.1, -0.05) is 13.3 Å². The topological polar surface area (TPSA) is 32.3 Å². The van der Waals surface area contributed by atoms with E-state index in [9.17, 15) is 0 Å². The Morgan fingerprint density at radius 2 is 2.25 bits per heavy atom. The molecule has 0 aromatic carbocycles. The van der Waals surface area contributed by atoms with Gasteiger partial charge in [0.2, 0.25) is 0 Å². The summed E-state index contributed by atoms with van der Waals surface area (Å²) in [5.74, 6) is 0.580. The fourth-order valence-electron chi connectivity index (χ4n) is 1.51. The van der Waals surface area contributed by atoms with Crippen LogP contribution in [0.25, 0.3) is 0 Å². The molecule has 1 unspecified atom stereocenters. The SMILES string of the molecule is CCC(CCO)CNCc1cc(Br)c(Br)s1. The van der Waals surface area contributed by atoms with Crippen LogP contribution in [0.2, 0.25) is 0 Å². The Hall–Kier alpha value is 0.580. The van der Waals surface area contributed by atoms with Crippen LogP contribution in [0, 0.1) is 5.92 Å². The highest BCUT2D eigenvalue weighted by Crippen LogP contribution is 2.32. The van der Waals surface area contributed by atoms with Crippen LogP contribution >= 0.6 is 43.2 Å². The first-order valence-electron chi connectivity index (χ1n) is 5.42. The molecule has 1 aromatic heterocycles. The van der Waals surface area contributed by atoms with E-state index in [2.05, 4.69) is 50.2 Å². The molecule has 0 saturated carbocycles. The van der Waals surface area contributed by atoms with Crippen LogP contribution in [0.5, 0.6) is 0 Å². The Morgan fingerprint density at radius 1 is 1.50 bits per heavy atom. The van der Waals surface area contributed by atoms with E-state index in [4.69, 9.17) is 5.11 Å². The number of aliphatic hydroxyl groups excluding tert-OH is 1. The minimum atomic E-state index is 0.288. The molecule has 1 aromatic rings. The van der Waals surface area contributed by atoms with Gasteiger partial charge in [-0.15, -0.1) is 11.3 Å². The predicted octanol–water partition coefficient (Wildman–Crippen LogP) is 3.77. The summed E-state index contributed by atoms with van der Waals surface area (Å²) in [5.41, 5.74) is 0. The monoisotopic (exact) mass is 369 g/mol. The third kappa shape index (κ3) is 4.84. The van der Waals surface area contributed by atoms with E-state index in [-0.39, 0.29) is 6.61 Å². The van der Waals surface area contributed by atoms with Crippen molar-refractivity contribution in [3.05, 3.63) is 19.2 Å². The van der Waals surface area contributed by atoms with Crippen LogP contribution in [0.4, 0.5) is 0 Å². The highest BCUT2D eigenvalue weighted by atomic mass is 79.9. The van der Waals surface area contributed by atoms with E-state index in [1.165, 1.54) is 4.88 Å². The zero-order chi connectivity index (χ0) is 12.0. The van der Waals surface area contributed by atoms with E-state index in [0.717, 1.165) is 34.2 Å². The van der Waals surface area contributed by atoms with Gasteiger partial charge < -0.3 is 10.4 Å². The van der Waals surface area contributed by atoms with Crippen LogP contribution in [0.1, 0.15) is 24.6 Å². The lowest BCUT2D eigenvalue weighted by atomic mass is 10.0. The number of rotatable bonds is 7. The zero-order valence-corrected chi connectivity index (χ0v) is 13.3. The summed E-state index contributed by atoms with van der Waals surface area (Å²) in [6.07, 6.45) is 2.01. The third-order valence-electron chi connectivity index (χ3n) is 2.54. The quantitative estimate of drug-likeness (QED) is 0.765. The lowest BCUT2D eigenvalue weighted by Crippen LogP contribution is -2.22. The van der Waals surface area contributed by atoms with Crippen LogP contribution in [0.3, 0.4) is 0 Å². The number of thiophene rings is 1. The minimum Gasteiger partial charge on any atom is -0.396 e. The third-order valence-corrected chi connectivity index (χ3v) is 5.80. The van der Waals surface area contributed by atoms with Gasteiger partial charge in [0.05, 0.1) is 3.79 Å². The van der Waals surface area contributed by atoms with Crippen molar-refractivity contribution in [2.75, 3.05) is 13.2 Å². The van der Waals surface area contributed by atoms with Gasteiger partial charge in [-0.25, -0.2) is 0 Å². The molecular weight excluding hydrogens is 354 g/mol. The Labute approximate surface area is 118 Å². The molecule has 16 heavy (non-hydrogen) atoms. The van der Waals surface area contributed by atoms with Crippen LogP contribution in [-0.4, -0.2) is 18.3 Å². The molecule has 0 saturated heterocycles. The van der Waals surface area contributed by atoms with E-state index in [0.29, 0.717) is 5.92 Å². The minimum absolute atomic E-state index is 0.288. The Bertz CT molecular complexity index is 297. The van der Waals surface area contributed by atoms with Crippen molar-refractivity contribution in [1.29, 1.82) is 0 Å². The summed E-state index contributed by atoms with van der Waals surface area (Å²) in [5, 5.41) is 12.3. The number of halogens is 2. The van der Waals surface area contributed by atoms with Gasteiger partial charge in [-0.2, -0.15) is 0 Å². The van der Waals surface area contributed by atoms with Crippen LogP contribution in [0.15, 0.2) is 14.3 Å². The molecule has 0 aliphatic carbocycles. The normalized spacial score (nSPS) is 13.0. The van der Waals surface area contributed by atoms with Gasteiger partial charge >= 0.3 is 0 Å². The molecule has 1 atom stereocenters. The van der Waals surface area contributed by atoms with Crippen LogP contribution < -0.4 is 5.32 Å². The molecule has 2 nitrogen and oxygen atoms in total. The first kappa shape index (κ1) is 14.6. The molecule has 2 N–H and O–H groups in total. The smallest absolute Gasteiger partial charge is 0.0843 e. The average molecular weight is 371 g/mol. The molecular formula is C11H17Br2NOS. The molecule has 0 amide bonds. The molecule has 92 valence electrons. The Balaban J connectivity index is 2.29. The maximum atomic E-state index is 8.89. The van der Waals surface area contributed by atoms with Gasteiger partial charge in [0.15, 0.2) is 0 Å². The van der Waals surface area contributed by atoms with Gasteiger partial charge in [-0.05, 0) is 56.8 Å². The largest absolute Gasteiger partial charge is 0.396 e. The second kappa shape index (κ2) is 7.82. The van der Waals surface area contributed by atoms with Gasteiger partial charge in [0.1, 0.15) is 0 Å². The predicted molar refractivity (Wildman–Crippen MR) is 76.9 cm³/mol. The fraction of sp³-hybridized carbons (Fsp3) is 0.636. The van der Waals surface area contributed by atoms with Crippen molar-refractivity contribution in [2.45, 2.75) is 26.3 Å². The van der Waals surface area contributed by atoms with Crippen molar-refractivity contribution in [2.24, 2.45) is 5.92 Å². The van der Waals surface area contributed by atoms with Gasteiger partial charge in [-0.3, -0.25) is 0 Å². The van der Waals surface area contributed by atoms with E-state index in [1.54, 1.807) is 11.3 Å². The average Bonchev–Trinajstić information content (AvgIpc) is 2.57. The summed E-state index contributed by atoms with van der Waals surface area (Å²) in [4.78, 5) is 1.32. The summed E-state index contributed by atoms with van der Waals surface area (Å²) in [6, 6.07) is 2.13. The van der Waals surface area contributed by atoms with E-state index < -0.39 is 0 Å². The molecule has 0 bridgehead atoms. The second-order valence-electron chi connectivity index (χ2n) is 3.75. The highest BCUT2D eigenvalue weighted by Gasteiger charge is 2.07. The number of nitrogens with one attached hydrogen (secondary N) is 1. The first-order chi connectivity index (χ1) is 7.67. The number of aliphatic hydroxyl groups is 1. The fourth-order valence-corrected chi connectivity index (χ4v) is 3.66. The Morgan fingerprint density at radius 3 is 2.75 bits per heavy atom. The number of hydrogen-bond donors (Lipinski definition) is 2. The lowest BCUT2D eigenvalue weighted by Gasteiger charge is -2.13. The van der Waals surface area contributed by atoms with Gasteiger partial charge in [0.25, 0.3) is 0 Å². The molecule has 0 aliphatic heterocycles. The highest BCUT2D eigenvalue weighted by molar-refractivity contribution is 9.13. The standard InChI is InChI=1S/C11H17Br2NOS/c1-2-8(3-4-15)6-14-7-9-5-10(12)11(13)16-9/h5,8,14-15H,2-4,6-7H2,1H3. The summed E-state index contributed by atoms with van der Waals surface area (Å²) < 4.78 is 2.27. The molecule has 1 heterocycles. The molecule has 0 spiro atoms. The van der Waals surface area contributed by atoms with Crippen molar-refractivity contribution >= 4 is 43.2 Å². The summed E-state index contributed by atoms with van der Waals surface area (Å²) in [7, 11) is 0. The molecule has 0 radical (unpaired) electrons. The van der Waals surface area contributed by atoms with E-state index in [1.807, 2.05) is 0 Å². The van der Waals surface area contributed by atoms with Crippen molar-refractivity contribution in [3.63, 3.8) is 0 Å². The Kier molecular flexibility index (Phi) is 7.16. The maximum absolute atomic E-state index is 8.89. The lowest BCUT2D eigenvalue weighted by molar-refractivity contribution is 0.251. The van der Waals surface area contributed by atoms with Crippen molar-refractivity contribution in [3.8, 4) is 0 Å². The first-order valence-corrected chi connectivity index (χ1v) is 7.82.